The van der Waals surface area contributed by atoms with E-state index in [1.807, 2.05) is 6.07 Å². The van der Waals surface area contributed by atoms with Gasteiger partial charge in [-0.2, -0.15) is 0 Å². The summed E-state index contributed by atoms with van der Waals surface area (Å²) in [6, 6.07) is 10.6. The Labute approximate surface area is 89.5 Å². The molecule has 3 N–H and O–H groups in total. The average molecular weight is 206 g/mol. The standard InChI is InChI=1S/C11H14N2S/c12-10(14)13-8-11(6-7-11)9-4-2-1-3-5-9/h1-5H,6-8H2,(H3,12,13,14). The monoisotopic (exact) mass is 206 g/mol. The summed E-state index contributed by atoms with van der Waals surface area (Å²) in [6.07, 6.45) is 2.46. The Bertz CT molecular complexity index is 330. The van der Waals surface area contributed by atoms with Crippen LogP contribution in [0.2, 0.25) is 0 Å². The van der Waals surface area contributed by atoms with E-state index in [0.29, 0.717) is 10.5 Å². The van der Waals surface area contributed by atoms with Gasteiger partial charge in [-0.15, -0.1) is 0 Å². The van der Waals surface area contributed by atoms with Gasteiger partial charge in [-0.05, 0) is 30.6 Å². The molecule has 1 fully saturated rings. The molecule has 1 aromatic carbocycles. The first-order valence-electron chi connectivity index (χ1n) is 4.82. The highest BCUT2D eigenvalue weighted by atomic mass is 32.1. The van der Waals surface area contributed by atoms with Crippen LogP contribution in [0.15, 0.2) is 30.3 Å². The van der Waals surface area contributed by atoms with Crippen LogP contribution in [0.3, 0.4) is 0 Å². The van der Waals surface area contributed by atoms with E-state index < -0.39 is 0 Å². The van der Waals surface area contributed by atoms with Crippen LogP contribution >= 0.6 is 12.2 Å². The predicted octanol–water partition coefficient (Wildman–Crippen LogP) is 1.55. The zero-order valence-electron chi connectivity index (χ0n) is 7.99. The first-order valence-corrected chi connectivity index (χ1v) is 5.23. The fourth-order valence-electron chi connectivity index (χ4n) is 1.77. The Kier molecular flexibility index (Phi) is 2.42. The zero-order chi connectivity index (χ0) is 10.0. The molecule has 0 spiro atoms. The van der Waals surface area contributed by atoms with E-state index in [1.165, 1.54) is 18.4 Å². The molecule has 1 aliphatic rings. The molecular weight excluding hydrogens is 192 g/mol. The highest BCUT2D eigenvalue weighted by Gasteiger charge is 2.43. The van der Waals surface area contributed by atoms with E-state index in [-0.39, 0.29) is 0 Å². The predicted molar refractivity (Wildman–Crippen MR) is 62.1 cm³/mol. The van der Waals surface area contributed by atoms with E-state index in [4.69, 9.17) is 18.0 Å². The highest BCUT2D eigenvalue weighted by molar-refractivity contribution is 7.80. The molecule has 14 heavy (non-hydrogen) atoms. The van der Waals surface area contributed by atoms with E-state index in [1.54, 1.807) is 0 Å². The number of rotatable bonds is 3. The van der Waals surface area contributed by atoms with Crippen LogP contribution in [0, 0.1) is 0 Å². The van der Waals surface area contributed by atoms with Crippen molar-refractivity contribution in [2.75, 3.05) is 6.54 Å². The van der Waals surface area contributed by atoms with Crippen LogP contribution in [-0.4, -0.2) is 11.7 Å². The number of benzene rings is 1. The molecule has 1 saturated carbocycles. The Hall–Kier alpha value is -1.09. The molecular formula is C11H14N2S. The third kappa shape index (κ3) is 1.87. The Balaban J connectivity index is 2.06. The van der Waals surface area contributed by atoms with Gasteiger partial charge < -0.3 is 11.1 Å². The van der Waals surface area contributed by atoms with Crippen molar-refractivity contribution in [2.24, 2.45) is 5.73 Å². The maximum Gasteiger partial charge on any atom is 0.163 e. The van der Waals surface area contributed by atoms with Crippen molar-refractivity contribution in [3.05, 3.63) is 35.9 Å². The van der Waals surface area contributed by atoms with E-state index >= 15 is 0 Å². The second-order valence-corrected chi connectivity index (χ2v) is 4.30. The smallest absolute Gasteiger partial charge is 0.163 e. The Morgan fingerprint density at radius 1 is 1.36 bits per heavy atom. The van der Waals surface area contributed by atoms with Crippen molar-refractivity contribution in [3.63, 3.8) is 0 Å². The summed E-state index contributed by atoms with van der Waals surface area (Å²) in [5.74, 6) is 0. The van der Waals surface area contributed by atoms with Gasteiger partial charge in [-0.1, -0.05) is 30.3 Å². The molecule has 0 bridgehead atoms. The number of hydrogen-bond acceptors (Lipinski definition) is 1. The lowest BCUT2D eigenvalue weighted by Gasteiger charge is -2.16. The van der Waals surface area contributed by atoms with Crippen molar-refractivity contribution < 1.29 is 0 Å². The van der Waals surface area contributed by atoms with Crippen molar-refractivity contribution >= 4 is 17.3 Å². The minimum Gasteiger partial charge on any atom is -0.376 e. The number of hydrogen-bond donors (Lipinski definition) is 2. The van der Waals surface area contributed by atoms with Gasteiger partial charge >= 0.3 is 0 Å². The molecule has 0 saturated heterocycles. The van der Waals surface area contributed by atoms with Crippen LogP contribution in [0.4, 0.5) is 0 Å². The van der Waals surface area contributed by atoms with Gasteiger partial charge in [0.15, 0.2) is 5.11 Å². The minimum absolute atomic E-state index is 0.296. The summed E-state index contributed by atoms with van der Waals surface area (Å²) in [5.41, 5.74) is 7.11. The van der Waals surface area contributed by atoms with Gasteiger partial charge in [0.05, 0.1) is 0 Å². The minimum atomic E-state index is 0.296. The van der Waals surface area contributed by atoms with Crippen LogP contribution in [-0.2, 0) is 5.41 Å². The summed E-state index contributed by atoms with van der Waals surface area (Å²) in [5, 5.41) is 3.45. The van der Waals surface area contributed by atoms with Crippen LogP contribution < -0.4 is 11.1 Å². The van der Waals surface area contributed by atoms with Crippen molar-refractivity contribution in [2.45, 2.75) is 18.3 Å². The fraction of sp³-hybridized carbons (Fsp3) is 0.364. The number of nitrogens with two attached hydrogens (primary N) is 1. The van der Waals surface area contributed by atoms with E-state index in [0.717, 1.165) is 6.54 Å². The summed E-state index contributed by atoms with van der Waals surface area (Å²) < 4.78 is 0. The second kappa shape index (κ2) is 3.58. The summed E-state index contributed by atoms with van der Waals surface area (Å²) >= 11 is 4.81. The van der Waals surface area contributed by atoms with Crippen molar-refractivity contribution in [1.82, 2.24) is 5.32 Å². The normalized spacial score (nSPS) is 17.4. The lowest BCUT2D eigenvalue weighted by Crippen LogP contribution is -2.35. The molecule has 0 aromatic heterocycles. The molecule has 2 rings (SSSR count). The van der Waals surface area contributed by atoms with Crippen molar-refractivity contribution in [1.29, 1.82) is 0 Å². The van der Waals surface area contributed by atoms with Gasteiger partial charge in [-0.3, -0.25) is 0 Å². The van der Waals surface area contributed by atoms with Gasteiger partial charge in [0.2, 0.25) is 0 Å². The lowest BCUT2D eigenvalue weighted by molar-refractivity contribution is 0.660. The van der Waals surface area contributed by atoms with Gasteiger partial charge in [-0.25, -0.2) is 0 Å². The summed E-state index contributed by atoms with van der Waals surface area (Å²) in [4.78, 5) is 0. The molecule has 3 heteroatoms. The van der Waals surface area contributed by atoms with Gasteiger partial charge in [0.25, 0.3) is 0 Å². The highest BCUT2D eigenvalue weighted by Crippen LogP contribution is 2.47. The zero-order valence-corrected chi connectivity index (χ0v) is 8.81. The third-order valence-corrected chi connectivity index (χ3v) is 2.99. The lowest BCUT2D eigenvalue weighted by atomic mass is 9.96. The second-order valence-electron chi connectivity index (χ2n) is 3.86. The molecule has 0 radical (unpaired) electrons. The number of thiocarbonyl (C=S) groups is 1. The molecule has 0 heterocycles. The Morgan fingerprint density at radius 3 is 2.50 bits per heavy atom. The topological polar surface area (TPSA) is 38.0 Å². The third-order valence-electron chi connectivity index (χ3n) is 2.84. The largest absolute Gasteiger partial charge is 0.376 e. The molecule has 0 amide bonds. The summed E-state index contributed by atoms with van der Waals surface area (Å²) in [7, 11) is 0. The fourth-order valence-corrected chi connectivity index (χ4v) is 1.84. The van der Waals surface area contributed by atoms with E-state index in [9.17, 15) is 0 Å². The van der Waals surface area contributed by atoms with Crippen LogP contribution in [0.5, 0.6) is 0 Å². The molecule has 74 valence electrons. The Morgan fingerprint density at radius 2 is 2.00 bits per heavy atom. The molecule has 1 aromatic rings. The van der Waals surface area contributed by atoms with Crippen molar-refractivity contribution in [3.8, 4) is 0 Å². The first-order chi connectivity index (χ1) is 6.73. The average Bonchev–Trinajstić information content (AvgIpc) is 2.97. The van der Waals surface area contributed by atoms with Crippen LogP contribution in [0.25, 0.3) is 0 Å². The quantitative estimate of drug-likeness (QED) is 0.737. The SMILES string of the molecule is NC(=S)NCC1(c2ccccc2)CC1. The molecule has 0 unspecified atom stereocenters. The summed E-state index contributed by atoms with van der Waals surface area (Å²) in [6.45, 7) is 0.867. The molecule has 0 aliphatic heterocycles. The number of nitrogens with one attached hydrogen (secondary N) is 1. The maximum atomic E-state index is 5.43. The van der Waals surface area contributed by atoms with Crippen LogP contribution in [0.1, 0.15) is 18.4 Å². The van der Waals surface area contributed by atoms with Gasteiger partial charge in [0, 0.05) is 12.0 Å². The maximum absolute atomic E-state index is 5.43. The van der Waals surface area contributed by atoms with E-state index in [2.05, 4.69) is 29.6 Å². The van der Waals surface area contributed by atoms with Gasteiger partial charge in [0.1, 0.15) is 0 Å². The molecule has 0 atom stereocenters. The molecule has 2 nitrogen and oxygen atoms in total. The molecule has 1 aliphatic carbocycles. The first kappa shape index (κ1) is 9.46.